The van der Waals surface area contributed by atoms with Crippen LogP contribution in [0.3, 0.4) is 0 Å². The van der Waals surface area contributed by atoms with Gasteiger partial charge in [-0.1, -0.05) is 44.7 Å². The summed E-state index contributed by atoms with van der Waals surface area (Å²) >= 11 is 0. The average Bonchev–Trinajstić information content (AvgIpc) is 2.74. The molecule has 0 fully saturated rings. The minimum Gasteiger partial charge on any atom is -0.478 e. The first kappa shape index (κ1) is 25.2. The predicted octanol–water partition coefficient (Wildman–Crippen LogP) is 2.78. The topological polar surface area (TPSA) is 113 Å². The van der Waals surface area contributed by atoms with Crippen molar-refractivity contribution in [3.05, 3.63) is 50.7 Å². The number of carbonyl (C=O) groups is 1. The summed E-state index contributed by atoms with van der Waals surface area (Å²) < 4.78 is 13.4. The number of aliphatic carboxylic acids is 1. The number of hydrogen-bond donors (Lipinski definition) is 1. The largest absolute Gasteiger partial charge is 0.478 e. The van der Waals surface area contributed by atoms with E-state index in [9.17, 15) is 19.5 Å². The van der Waals surface area contributed by atoms with Crippen LogP contribution in [0.25, 0.3) is 0 Å². The van der Waals surface area contributed by atoms with Crippen molar-refractivity contribution in [2.45, 2.75) is 71.4 Å². The highest BCUT2D eigenvalue weighted by atomic mass is 16.5. The fourth-order valence-electron chi connectivity index (χ4n) is 3.07. The van der Waals surface area contributed by atoms with Crippen LogP contribution >= 0.6 is 0 Å². The fourth-order valence-corrected chi connectivity index (χ4v) is 3.07. The third-order valence-corrected chi connectivity index (χ3v) is 5.10. The quantitative estimate of drug-likeness (QED) is 0.470. The number of hydrogen-bond acceptors (Lipinski definition) is 6. The molecule has 2 rings (SSSR count). The number of aryl methyl sites for hydroxylation is 1. The maximum Gasteiger partial charge on any atom is 0.347 e. The van der Waals surface area contributed by atoms with Gasteiger partial charge in [0, 0.05) is 20.0 Å². The normalized spacial score (nSPS) is 11.4. The van der Waals surface area contributed by atoms with Gasteiger partial charge < -0.3 is 14.6 Å². The van der Waals surface area contributed by atoms with E-state index < -0.39 is 22.8 Å². The van der Waals surface area contributed by atoms with Crippen LogP contribution in [0.15, 0.2) is 33.9 Å². The van der Waals surface area contributed by atoms with Gasteiger partial charge >= 0.3 is 17.2 Å². The molecule has 9 nitrogen and oxygen atoms in total. The van der Waals surface area contributed by atoms with E-state index in [1.165, 1.54) is 25.6 Å². The van der Waals surface area contributed by atoms with Crippen LogP contribution in [0.5, 0.6) is 11.6 Å². The monoisotopic (exact) mass is 447 g/mol. The molecule has 0 aliphatic carbocycles. The van der Waals surface area contributed by atoms with Crippen molar-refractivity contribution in [3.63, 3.8) is 0 Å². The Hall–Kier alpha value is -3.10. The SMILES string of the molecule is CCCCCCCn1nc(OCCc2cccc(OC(C)(C)C(=O)O)c2)c(=O)n(C)c1=O. The Labute approximate surface area is 187 Å². The van der Waals surface area contributed by atoms with E-state index in [1.807, 2.05) is 6.07 Å². The summed E-state index contributed by atoms with van der Waals surface area (Å²) in [5.41, 5.74) is -1.53. The summed E-state index contributed by atoms with van der Waals surface area (Å²) in [6.07, 6.45) is 5.66. The Morgan fingerprint density at radius 2 is 1.88 bits per heavy atom. The molecule has 0 radical (unpaired) electrons. The standard InChI is InChI=1S/C23H33N3O6/c1-5-6-7-8-9-14-26-22(30)25(4)20(27)19(24-26)31-15-13-17-11-10-12-18(16-17)32-23(2,3)21(28)29/h10-12,16H,5-9,13-15H2,1-4H3,(H,28,29). The van der Waals surface area contributed by atoms with Crippen LogP contribution in [0.2, 0.25) is 0 Å². The van der Waals surface area contributed by atoms with Gasteiger partial charge in [0.05, 0.1) is 6.61 Å². The van der Waals surface area contributed by atoms with Gasteiger partial charge in [0.2, 0.25) is 0 Å². The Morgan fingerprint density at radius 3 is 2.56 bits per heavy atom. The third kappa shape index (κ3) is 6.96. The van der Waals surface area contributed by atoms with Gasteiger partial charge in [-0.05, 0) is 38.0 Å². The third-order valence-electron chi connectivity index (χ3n) is 5.10. The van der Waals surface area contributed by atoms with Crippen LogP contribution in [0.4, 0.5) is 0 Å². The molecule has 32 heavy (non-hydrogen) atoms. The second-order valence-electron chi connectivity index (χ2n) is 8.25. The van der Waals surface area contributed by atoms with Gasteiger partial charge in [-0.25, -0.2) is 14.3 Å². The zero-order valence-electron chi connectivity index (χ0n) is 19.3. The molecule has 0 saturated carbocycles. The molecule has 1 aromatic heterocycles. The Kier molecular flexibility index (Phi) is 9.04. The molecular formula is C23H33N3O6. The Balaban J connectivity index is 2.02. The zero-order chi connectivity index (χ0) is 23.7. The number of aromatic nitrogens is 3. The summed E-state index contributed by atoms with van der Waals surface area (Å²) in [5.74, 6) is -0.741. The first-order chi connectivity index (χ1) is 15.2. The number of rotatable bonds is 13. The molecule has 0 spiro atoms. The molecular weight excluding hydrogens is 414 g/mol. The highest BCUT2D eigenvalue weighted by Gasteiger charge is 2.29. The summed E-state index contributed by atoms with van der Waals surface area (Å²) in [4.78, 5) is 35.9. The summed E-state index contributed by atoms with van der Waals surface area (Å²) in [5, 5.41) is 13.3. The number of carboxylic acids is 1. The first-order valence-corrected chi connectivity index (χ1v) is 11.0. The van der Waals surface area contributed by atoms with E-state index >= 15 is 0 Å². The Bertz CT molecular complexity index is 1030. The summed E-state index contributed by atoms with van der Waals surface area (Å²) in [6.45, 7) is 5.70. The number of carboxylic acid groups (broad SMARTS) is 1. The van der Waals surface area contributed by atoms with Crippen molar-refractivity contribution in [3.8, 4) is 11.6 Å². The van der Waals surface area contributed by atoms with Crippen molar-refractivity contribution >= 4 is 5.97 Å². The maximum absolute atomic E-state index is 12.4. The van der Waals surface area contributed by atoms with Crippen molar-refractivity contribution < 1.29 is 19.4 Å². The lowest BCUT2D eigenvalue weighted by Gasteiger charge is -2.21. The first-order valence-electron chi connectivity index (χ1n) is 11.0. The van der Waals surface area contributed by atoms with E-state index in [-0.39, 0.29) is 12.5 Å². The van der Waals surface area contributed by atoms with E-state index in [0.717, 1.165) is 42.2 Å². The minimum absolute atomic E-state index is 0.111. The number of benzene rings is 1. The molecule has 1 heterocycles. The van der Waals surface area contributed by atoms with E-state index in [1.54, 1.807) is 18.2 Å². The number of unbranched alkanes of at least 4 members (excludes halogenated alkanes) is 4. The van der Waals surface area contributed by atoms with Crippen LogP contribution in [-0.4, -0.2) is 37.6 Å². The highest BCUT2D eigenvalue weighted by Crippen LogP contribution is 2.20. The molecule has 0 aliphatic heterocycles. The van der Waals surface area contributed by atoms with Gasteiger partial charge in [0.15, 0.2) is 5.60 Å². The van der Waals surface area contributed by atoms with Crippen LogP contribution in [-0.2, 0) is 24.8 Å². The molecule has 0 atom stereocenters. The molecule has 2 aromatic rings. The smallest absolute Gasteiger partial charge is 0.347 e. The zero-order valence-corrected chi connectivity index (χ0v) is 19.3. The lowest BCUT2D eigenvalue weighted by atomic mass is 10.1. The molecule has 0 unspecified atom stereocenters. The molecule has 0 bridgehead atoms. The maximum atomic E-state index is 12.4. The average molecular weight is 448 g/mol. The van der Waals surface area contributed by atoms with Gasteiger partial charge in [-0.2, -0.15) is 0 Å². The fraction of sp³-hybridized carbons (Fsp3) is 0.565. The second-order valence-corrected chi connectivity index (χ2v) is 8.25. The molecule has 0 aliphatic rings. The molecule has 1 N–H and O–H groups in total. The molecule has 1 aromatic carbocycles. The van der Waals surface area contributed by atoms with Crippen molar-refractivity contribution in [1.29, 1.82) is 0 Å². The van der Waals surface area contributed by atoms with Gasteiger partial charge in [-0.3, -0.25) is 9.36 Å². The van der Waals surface area contributed by atoms with E-state index in [4.69, 9.17) is 9.47 Å². The second kappa shape index (κ2) is 11.5. The highest BCUT2D eigenvalue weighted by molar-refractivity contribution is 5.76. The minimum atomic E-state index is -1.35. The summed E-state index contributed by atoms with van der Waals surface area (Å²) in [7, 11) is 1.41. The summed E-state index contributed by atoms with van der Waals surface area (Å²) in [6, 6.07) is 7.03. The van der Waals surface area contributed by atoms with Gasteiger partial charge in [-0.15, -0.1) is 5.10 Å². The van der Waals surface area contributed by atoms with Crippen molar-refractivity contribution in [2.24, 2.45) is 7.05 Å². The molecule has 0 amide bonds. The van der Waals surface area contributed by atoms with Crippen LogP contribution in [0.1, 0.15) is 58.4 Å². The van der Waals surface area contributed by atoms with Crippen molar-refractivity contribution in [2.75, 3.05) is 6.61 Å². The number of nitrogens with zero attached hydrogens (tertiary/aromatic N) is 3. The van der Waals surface area contributed by atoms with Gasteiger partial charge in [0.25, 0.3) is 5.88 Å². The van der Waals surface area contributed by atoms with Crippen LogP contribution < -0.4 is 20.7 Å². The lowest BCUT2D eigenvalue weighted by Crippen LogP contribution is -2.40. The molecule has 9 heteroatoms. The molecule has 0 saturated heterocycles. The number of ether oxygens (including phenoxy) is 2. The molecule has 176 valence electrons. The predicted molar refractivity (Wildman–Crippen MR) is 120 cm³/mol. The Morgan fingerprint density at radius 1 is 1.16 bits per heavy atom. The van der Waals surface area contributed by atoms with E-state index in [2.05, 4.69) is 12.0 Å². The van der Waals surface area contributed by atoms with Crippen LogP contribution in [0, 0.1) is 0 Å². The van der Waals surface area contributed by atoms with Crippen molar-refractivity contribution in [1.82, 2.24) is 14.3 Å². The van der Waals surface area contributed by atoms with Gasteiger partial charge in [0.1, 0.15) is 5.75 Å². The van der Waals surface area contributed by atoms with E-state index in [0.29, 0.717) is 18.7 Å². The lowest BCUT2D eigenvalue weighted by molar-refractivity contribution is -0.152.